The molecule has 0 aromatic heterocycles. The van der Waals surface area contributed by atoms with Gasteiger partial charge in [0, 0.05) is 0 Å². The van der Waals surface area contributed by atoms with Crippen LogP contribution in [0.25, 0.3) is 0 Å². The number of hydrogen-bond donors (Lipinski definition) is 2. The molecular weight excluding hydrogens is 272 g/mol. The molecule has 1 aliphatic heterocycles. The van der Waals surface area contributed by atoms with E-state index in [9.17, 15) is 0 Å². The van der Waals surface area contributed by atoms with Crippen molar-refractivity contribution in [3.63, 3.8) is 0 Å². The second-order valence-corrected chi connectivity index (χ2v) is 4.66. The van der Waals surface area contributed by atoms with E-state index in [1.165, 1.54) is 0 Å². The van der Waals surface area contributed by atoms with Crippen molar-refractivity contribution in [3.8, 4) is 17.2 Å². The summed E-state index contributed by atoms with van der Waals surface area (Å²) in [5.41, 5.74) is 3.67. The summed E-state index contributed by atoms with van der Waals surface area (Å²) in [5, 5.41) is 0. The molecule has 1 unspecified atom stereocenters. The van der Waals surface area contributed by atoms with Crippen molar-refractivity contribution in [2.75, 3.05) is 27.9 Å². The van der Waals surface area contributed by atoms with Crippen LogP contribution in [0, 0.1) is 0 Å². The molecule has 0 saturated heterocycles. The Balaban J connectivity index is 2.43. The Morgan fingerprint density at radius 2 is 1.81 bits per heavy atom. The maximum absolute atomic E-state index is 5.71. The van der Waals surface area contributed by atoms with Crippen molar-refractivity contribution in [3.05, 3.63) is 29.5 Å². The molecule has 2 rings (SSSR count). The monoisotopic (exact) mass is 294 g/mol. The molecule has 0 aliphatic carbocycles. The Kier molecular flexibility index (Phi) is 5.30. The van der Waals surface area contributed by atoms with Gasteiger partial charge in [-0.25, -0.2) is 5.43 Å². The molecule has 1 aromatic rings. The normalized spacial score (nSPS) is 15.7. The van der Waals surface area contributed by atoms with Crippen LogP contribution < -0.4 is 25.5 Å². The molecule has 1 heterocycles. The fourth-order valence-corrected chi connectivity index (χ4v) is 2.39. The first-order chi connectivity index (χ1) is 10.2. The molecular formula is C15H22N2O4. The second kappa shape index (κ2) is 7.19. The fraction of sp³-hybridized carbons (Fsp3) is 0.467. The SMILES string of the molecule is COc1cc(C(NN)C2=CCCCO2)cc(OC)c1OC. The van der Waals surface area contributed by atoms with Crippen LogP contribution in [0.15, 0.2) is 24.0 Å². The van der Waals surface area contributed by atoms with E-state index in [4.69, 9.17) is 24.8 Å². The van der Waals surface area contributed by atoms with Crippen LogP contribution in [0.4, 0.5) is 0 Å². The van der Waals surface area contributed by atoms with E-state index in [0.717, 1.165) is 24.2 Å². The van der Waals surface area contributed by atoms with Gasteiger partial charge >= 0.3 is 0 Å². The molecule has 6 heteroatoms. The Morgan fingerprint density at radius 3 is 2.24 bits per heavy atom. The van der Waals surface area contributed by atoms with Crippen molar-refractivity contribution in [1.29, 1.82) is 0 Å². The van der Waals surface area contributed by atoms with Crippen LogP contribution in [-0.4, -0.2) is 27.9 Å². The van der Waals surface area contributed by atoms with Gasteiger partial charge in [-0.1, -0.05) is 0 Å². The van der Waals surface area contributed by atoms with E-state index in [1.807, 2.05) is 12.1 Å². The third-order valence-electron chi connectivity index (χ3n) is 3.43. The van der Waals surface area contributed by atoms with Crippen molar-refractivity contribution >= 4 is 0 Å². The zero-order valence-corrected chi connectivity index (χ0v) is 12.6. The summed E-state index contributed by atoms with van der Waals surface area (Å²) in [6, 6.07) is 3.48. The number of allylic oxidation sites excluding steroid dienone is 1. The highest BCUT2D eigenvalue weighted by molar-refractivity contribution is 5.55. The van der Waals surface area contributed by atoms with Gasteiger partial charge in [-0.2, -0.15) is 0 Å². The van der Waals surface area contributed by atoms with Gasteiger partial charge in [0.2, 0.25) is 5.75 Å². The lowest BCUT2D eigenvalue weighted by Crippen LogP contribution is -2.31. The molecule has 0 radical (unpaired) electrons. The molecule has 0 saturated carbocycles. The topological polar surface area (TPSA) is 75.0 Å². The fourth-order valence-electron chi connectivity index (χ4n) is 2.39. The number of hydrazine groups is 1. The minimum absolute atomic E-state index is 0.251. The van der Waals surface area contributed by atoms with Gasteiger partial charge in [0.05, 0.1) is 27.9 Å². The smallest absolute Gasteiger partial charge is 0.203 e. The minimum Gasteiger partial charge on any atom is -0.496 e. The summed E-state index contributed by atoms with van der Waals surface area (Å²) in [6.07, 6.45) is 4.06. The third-order valence-corrected chi connectivity index (χ3v) is 3.43. The molecule has 1 aliphatic rings. The average Bonchev–Trinajstić information content (AvgIpc) is 2.55. The molecule has 0 amide bonds. The number of nitrogens with one attached hydrogen (secondary N) is 1. The number of rotatable bonds is 6. The number of methoxy groups -OCH3 is 3. The van der Waals surface area contributed by atoms with E-state index < -0.39 is 0 Å². The van der Waals surface area contributed by atoms with E-state index in [-0.39, 0.29) is 6.04 Å². The maximum atomic E-state index is 5.71. The van der Waals surface area contributed by atoms with E-state index in [2.05, 4.69) is 11.5 Å². The first kappa shape index (κ1) is 15.5. The predicted molar refractivity (Wildman–Crippen MR) is 79.4 cm³/mol. The molecule has 0 fully saturated rings. The predicted octanol–water partition coefficient (Wildman–Crippen LogP) is 1.91. The van der Waals surface area contributed by atoms with Gasteiger partial charge in [0.1, 0.15) is 11.8 Å². The van der Waals surface area contributed by atoms with Crippen molar-refractivity contribution in [2.45, 2.75) is 18.9 Å². The summed E-state index contributed by atoms with van der Waals surface area (Å²) in [4.78, 5) is 0. The van der Waals surface area contributed by atoms with Gasteiger partial charge in [-0.15, -0.1) is 0 Å². The Hall–Kier alpha value is -1.92. The van der Waals surface area contributed by atoms with Crippen molar-refractivity contribution in [2.24, 2.45) is 5.84 Å². The Labute approximate surface area is 124 Å². The van der Waals surface area contributed by atoms with Crippen LogP contribution in [0.1, 0.15) is 24.4 Å². The van der Waals surface area contributed by atoms with Crippen LogP contribution in [-0.2, 0) is 4.74 Å². The van der Waals surface area contributed by atoms with Gasteiger partial charge in [-0.3, -0.25) is 5.84 Å². The molecule has 3 N–H and O–H groups in total. The molecule has 1 aromatic carbocycles. The highest BCUT2D eigenvalue weighted by atomic mass is 16.5. The summed E-state index contributed by atoms with van der Waals surface area (Å²) < 4.78 is 21.8. The molecule has 1 atom stereocenters. The largest absolute Gasteiger partial charge is 0.496 e. The average molecular weight is 294 g/mol. The lowest BCUT2D eigenvalue weighted by atomic mass is 10.0. The summed E-state index contributed by atoms with van der Waals surface area (Å²) >= 11 is 0. The number of benzene rings is 1. The van der Waals surface area contributed by atoms with Crippen LogP contribution >= 0.6 is 0 Å². The quantitative estimate of drug-likeness (QED) is 0.616. The minimum atomic E-state index is -0.251. The standard InChI is InChI=1S/C15H22N2O4/c1-18-12-8-10(9-13(19-2)15(12)20-3)14(17-16)11-6-4-5-7-21-11/h6,8-9,14,17H,4-5,7,16H2,1-3H3. The Bertz CT molecular complexity index is 491. The number of nitrogens with two attached hydrogens (primary N) is 1. The summed E-state index contributed by atoms with van der Waals surface area (Å²) in [6.45, 7) is 0.703. The van der Waals surface area contributed by atoms with Crippen LogP contribution in [0.2, 0.25) is 0 Å². The van der Waals surface area contributed by atoms with Crippen LogP contribution in [0.3, 0.4) is 0 Å². The number of ether oxygens (including phenoxy) is 4. The lowest BCUT2D eigenvalue weighted by Gasteiger charge is -2.24. The van der Waals surface area contributed by atoms with Gasteiger partial charge < -0.3 is 18.9 Å². The van der Waals surface area contributed by atoms with Gasteiger partial charge in [0.15, 0.2) is 11.5 Å². The van der Waals surface area contributed by atoms with E-state index in [0.29, 0.717) is 23.9 Å². The molecule has 116 valence electrons. The van der Waals surface area contributed by atoms with E-state index in [1.54, 1.807) is 21.3 Å². The zero-order valence-electron chi connectivity index (χ0n) is 12.6. The maximum Gasteiger partial charge on any atom is 0.203 e. The molecule has 6 nitrogen and oxygen atoms in total. The van der Waals surface area contributed by atoms with Gasteiger partial charge in [0.25, 0.3) is 0 Å². The summed E-state index contributed by atoms with van der Waals surface area (Å²) in [7, 11) is 4.75. The Morgan fingerprint density at radius 1 is 1.14 bits per heavy atom. The second-order valence-electron chi connectivity index (χ2n) is 4.66. The van der Waals surface area contributed by atoms with Gasteiger partial charge in [-0.05, 0) is 36.6 Å². The first-order valence-electron chi connectivity index (χ1n) is 6.84. The van der Waals surface area contributed by atoms with Crippen molar-refractivity contribution in [1.82, 2.24) is 5.43 Å². The molecule has 21 heavy (non-hydrogen) atoms. The molecule has 0 bridgehead atoms. The highest BCUT2D eigenvalue weighted by Gasteiger charge is 2.23. The number of hydrogen-bond acceptors (Lipinski definition) is 6. The summed E-state index contributed by atoms with van der Waals surface area (Å²) in [5.74, 6) is 8.25. The van der Waals surface area contributed by atoms with Crippen molar-refractivity contribution < 1.29 is 18.9 Å². The molecule has 0 spiro atoms. The van der Waals surface area contributed by atoms with Crippen LogP contribution in [0.5, 0.6) is 17.2 Å². The third kappa shape index (κ3) is 3.22. The van der Waals surface area contributed by atoms with E-state index >= 15 is 0 Å². The zero-order chi connectivity index (χ0) is 15.2. The highest BCUT2D eigenvalue weighted by Crippen LogP contribution is 2.41. The first-order valence-corrected chi connectivity index (χ1v) is 6.84. The lowest BCUT2D eigenvalue weighted by molar-refractivity contribution is 0.167.